The number of amides is 1. The number of aliphatic hydroxyl groups is 1. The third kappa shape index (κ3) is 4.35. The van der Waals surface area contributed by atoms with Gasteiger partial charge in [0, 0.05) is 31.1 Å². The molecule has 0 aromatic heterocycles. The lowest BCUT2D eigenvalue weighted by atomic mass is 9.91. The van der Waals surface area contributed by atoms with Crippen molar-refractivity contribution in [3.63, 3.8) is 0 Å². The van der Waals surface area contributed by atoms with E-state index in [1.165, 1.54) is 18.2 Å². The first kappa shape index (κ1) is 21.5. The second-order valence-electron chi connectivity index (χ2n) is 8.20. The molecule has 2 aliphatic heterocycles. The van der Waals surface area contributed by atoms with Gasteiger partial charge in [0.25, 0.3) is 0 Å². The first-order valence-electron chi connectivity index (χ1n) is 10.5. The van der Waals surface area contributed by atoms with Gasteiger partial charge in [-0.2, -0.15) is 0 Å². The number of piperidine rings is 1. The molecule has 8 heteroatoms. The Hall–Kier alpha value is -2.74. The molecule has 2 aliphatic rings. The number of benzene rings is 2. The number of nitrogens with one attached hydrogen (secondary N) is 1. The van der Waals surface area contributed by atoms with E-state index >= 15 is 0 Å². The number of anilines is 2. The van der Waals surface area contributed by atoms with E-state index in [9.17, 15) is 23.1 Å². The zero-order valence-electron chi connectivity index (χ0n) is 17.3. The number of carbonyl (C=O) groups excluding carboxylic acids is 1. The van der Waals surface area contributed by atoms with Crippen molar-refractivity contribution >= 4 is 17.3 Å². The van der Waals surface area contributed by atoms with Gasteiger partial charge in [0.2, 0.25) is 5.91 Å². The smallest absolute Gasteiger partial charge is 0.224 e. The summed E-state index contributed by atoms with van der Waals surface area (Å²) < 4.78 is 48.0. The molecule has 166 valence electrons. The van der Waals surface area contributed by atoms with Gasteiger partial charge in [-0.15, -0.1) is 0 Å². The Bertz CT molecular complexity index is 1000. The summed E-state index contributed by atoms with van der Waals surface area (Å²) in [7, 11) is 0. The van der Waals surface area contributed by atoms with E-state index in [2.05, 4.69) is 5.32 Å². The Labute approximate surface area is 178 Å². The average Bonchev–Trinajstić information content (AvgIpc) is 2.75. The fourth-order valence-corrected chi connectivity index (χ4v) is 4.17. The van der Waals surface area contributed by atoms with Gasteiger partial charge in [0.15, 0.2) is 0 Å². The molecule has 4 rings (SSSR count). The summed E-state index contributed by atoms with van der Waals surface area (Å²) in [4.78, 5) is 13.4. The molecule has 0 unspecified atom stereocenters. The largest absolute Gasteiger partial charge is 0.490 e. The highest BCUT2D eigenvalue weighted by molar-refractivity contribution is 5.94. The summed E-state index contributed by atoms with van der Waals surface area (Å²) in [6, 6.07) is 5.18. The molecule has 0 atom stereocenters. The van der Waals surface area contributed by atoms with Crippen LogP contribution in [0.25, 0.3) is 0 Å². The van der Waals surface area contributed by atoms with Crippen molar-refractivity contribution in [3.8, 4) is 5.75 Å². The lowest BCUT2D eigenvalue weighted by Gasteiger charge is -2.39. The van der Waals surface area contributed by atoms with Gasteiger partial charge in [-0.1, -0.05) is 6.92 Å². The second kappa shape index (κ2) is 8.42. The fraction of sp³-hybridized carbons (Fsp3) is 0.435. The number of fused-ring (bicyclic) bond motifs is 1. The molecule has 0 spiro atoms. The van der Waals surface area contributed by atoms with Crippen LogP contribution in [0.2, 0.25) is 0 Å². The molecule has 1 fully saturated rings. The van der Waals surface area contributed by atoms with Crippen LogP contribution in [0.15, 0.2) is 24.3 Å². The molecule has 1 saturated heterocycles. The van der Waals surface area contributed by atoms with Crippen molar-refractivity contribution in [2.45, 2.75) is 44.6 Å². The van der Waals surface area contributed by atoms with Crippen molar-refractivity contribution < 1.29 is 27.8 Å². The Morgan fingerprint density at radius 1 is 1.10 bits per heavy atom. The highest BCUT2D eigenvalue weighted by Crippen LogP contribution is 2.35. The number of carbonyl (C=O) groups is 1. The standard InChI is InChI=1S/C23H25F3N2O3/c1-2-14-11-19(18(26)12-17(14)25)28-9-7-23(30,8-10-28)13-31-20-5-4-16(24)22-15(20)3-6-21(29)27-22/h4-5,11-12,30H,2-3,6-10,13H2,1H3,(H,27,29). The summed E-state index contributed by atoms with van der Waals surface area (Å²) >= 11 is 0. The number of rotatable bonds is 5. The molecule has 0 saturated carbocycles. The normalized spacial score (nSPS) is 17.8. The summed E-state index contributed by atoms with van der Waals surface area (Å²) in [5.74, 6) is -1.49. The monoisotopic (exact) mass is 434 g/mol. The number of aryl methyl sites for hydroxylation is 1. The van der Waals surface area contributed by atoms with Crippen molar-refractivity contribution in [1.82, 2.24) is 0 Å². The molecule has 1 amide bonds. The van der Waals surface area contributed by atoms with Crippen molar-refractivity contribution in [2.24, 2.45) is 0 Å². The summed E-state index contributed by atoms with van der Waals surface area (Å²) in [6.45, 7) is 2.59. The zero-order valence-corrected chi connectivity index (χ0v) is 17.3. The van der Waals surface area contributed by atoms with Crippen molar-refractivity contribution in [3.05, 3.63) is 52.8 Å². The molecule has 0 radical (unpaired) electrons. The van der Waals surface area contributed by atoms with Gasteiger partial charge in [-0.05, 0) is 49.4 Å². The fourth-order valence-electron chi connectivity index (χ4n) is 4.17. The first-order valence-corrected chi connectivity index (χ1v) is 10.5. The van der Waals surface area contributed by atoms with Crippen LogP contribution in [0.4, 0.5) is 24.5 Å². The summed E-state index contributed by atoms with van der Waals surface area (Å²) in [5, 5.41) is 13.5. The Balaban J connectivity index is 1.42. The van der Waals surface area contributed by atoms with E-state index in [0.29, 0.717) is 61.3 Å². The van der Waals surface area contributed by atoms with Crippen molar-refractivity contribution in [2.75, 3.05) is 29.9 Å². The topological polar surface area (TPSA) is 61.8 Å². The minimum Gasteiger partial charge on any atom is -0.490 e. The quantitative estimate of drug-likeness (QED) is 0.748. The predicted octanol–water partition coefficient (Wildman–Crippen LogP) is 3.96. The lowest BCUT2D eigenvalue weighted by molar-refractivity contribution is -0.116. The van der Waals surface area contributed by atoms with Gasteiger partial charge >= 0.3 is 0 Å². The summed E-state index contributed by atoms with van der Waals surface area (Å²) in [5.41, 5.74) is 0.383. The lowest BCUT2D eigenvalue weighted by Crippen LogP contribution is -2.48. The van der Waals surface area contributed by atoms with Crippen LogP contribution in [0.1, 0.15) is 37.3 Å². The maximum absolute atomic E-state index is 14.3. The van der Waals surface area contributed by atoms with Crippen LogP contribution in [-0.4, -0.2) is 36.3 Å². The Morgan fingerprint density at radius 2 is 1.84 bits per heavy atom. The molecule has 2 aromatic rings. The van der Waals surface area contributed by atoms with Gasteiger partial charge < -0.3 is 20.1 Å². The van der Waals surface area contributed by atoms with E-state index in [0.717, 1.165) is 6.07 Å². The van der Waals surface area contributed by atoms with E-state index in [-0.39, 0.29) is 24.6 Å². The van der Waals surface area contributed by atoms with E-state index in [4.69, 9.17) is 4.74 Å². The molecule has 0 bridgehead atoms. The minimum absolute atomic E-state index is 0.00102. The van der Waals surface area contributed by atoms with Crippen LogP contribution in [0, 0.1) is 17.5 Å². The van der Waals surface area contributed by atoms with E-state index in [1.807, 2.05) is 6.92 Å². The number of ether oxygens (including phenoxy) is 1. The van der Waals surface area contributed by atoms with Crippen LogP contribution in [-0.2, 0) is 17.6 Å². The number of halogens is 3. The maximum Gasteiger partial charge on any atom is 0.224 e. The van der Waals surface area contributed by atoms with Gasteiger partial charge in [0.1, 0.15) is 35.4 Å². The van der Waals surface area contributed by atoms with Crippen LogP contribution >= 0.6 is 0 Å². The Kier molecular flexibility index (Phi) is 5.83. The first-order chi connectivity index (χ1) is 14.8. The number of hydrogen-bond donors (Lipinski definition) is 2. The molecule has 2 aromatic carbocycles. The highest BCUT2D eigenvalue weighted by Gasteiger charge is 2.35. The second-order valence-corrected chi connectivity index (χ2v) is 8.20. The molecule has 2 heterocycles. The van der Waals surface area contributed by atoms with Gasteiger partial charge in [-0.25, -0.2) is 13.2 Å². The number of nitrogens with zero attached hydrogens (tertiary/aromatic N) is 1. The van der Waals surface area contributed by atoms with Crippen LogP contribution in [0.3, 0.4) is 0 Å². The highest BCUT2D eigenvalue weighted by atomic mass is 19.1. The number of hydrogen-bond acceptors (Lipinski definition) is 4. The average molecular weight is 434 g/mol. The molecule has 2 N–H and O–H groups in total. The minimum atomic E-state index is -1.13. The van der Waals surface area contributed by atoms with Crippen LogP contribution in [0.5, 0.6) is 5.75 Å². The van der Waals surface area contributed by atoms with Crippen LogP contribution < -0.4 is 15.0 Å². The SMILES string of the molecule is CCc1cc(N2CCC(O)(COc3ccc(F)c4c3CCC(=O)N4)CC2)c(F)cc1F. The van der Waals surface area contributed by atoms with E-state index in [1.54, 1.807) is 4.90 Å². The molecular formula is C23H25F3N2O3. The zero-order chi connectivity index (χ0) is 22.2. The Morgan fingerprint density at radius 3 is 2.55 bits per heavy atom. The predicted molar refractivity (Wildman–Crippen MR) is 111 cm³/mol. The third-order valence-electron chi connectivity index (χ3n) is 6.11. The molecule has 0 aliphatic carbocycles. The van der Waals surface area contributed by atoms with Gasteiger partial charge in [-0.3, -0.25) is 4.79 Å². The molecular weight excluding hydrogens is 409 g/mol. The van der Waals surface area contributed by atoms with E-state index < -0.39 is 23.1 Å². The van der Waals surface area contributed by atoms with Crippen molar-refractivity contribution in [1.29, 1.82) is 0 Å². The third-order valence-corrected chi connectivity index (χ3v) is 6.11. The molecule has 5 nitrogen and oxygen atoms in total. The maximum atomic E-state index is 14.3. The van der Waals surface area contributed by atoms with Gasteiger partial charge in [0.05, 0.1) is 11.4 Å². The molecule has 31 heavy (non-hydrogen) atoms. The summed E-state index contributed by atoms with van der Waals surface area (Å²) in [6.07, 6.45) is 1.75.